The van der Waals surface area contributed by atoms with E-state index in [2.05, 4.69) is 21.8 Å². The molecule has 0 unspecified atom stereocenters. The first-order valence-electron chi connectivity index (χ1n) is 10.4. The minimum Gasteiger partial charge on any atom is -0.490 e. The molecule has 0 spiro atoms. The Morgan fingerprint density at radius 1 is 1.03 bits per heavy atom. The second kappa shape index (κ2) is 8.54. The monoisotopic (exact) mass is 464 g/mol. The van der Waals surface area contributed by atoms with Crippen molar-refractivity contribution in [3.8, 4) is 5.75 Å². The minimum absolute atomic E-state index is 0.000588. The summed E-state index contributed by atoms with van der Waals surface area (Å²) in [5.41, 5.74) is 1.67. The number of sulfone groups is 1. The number of likely N-dealkylation sites (tertiary alicyclic amines) is 1. The first kappa shape index (κ1) is 22.3. The Hall–Kier alpha value is -1.94. The van der Waals surface area contributed by atoms with Crippen LogP contribution < -0.4 is 9.46 Å². The van der Waals surface area contributed by atoms with Crippen molar-refractivity contribution in [1.29, 1.82) is 0 Å². The van der Waals surface area contributed by atoms with E-state index in [1.54, 1.807) is 6.92 Å². The molecule has 1 saturated carbocycles. The van der Waals surface area contributed by atoms with E-state index >= 15 is 0 Å². The zero-order valence-electron chi connectivity index (χ0n) is 17.7. The highest BCUT2D eigenvalue weighted by Crippen LogP contribution is 2.27. The number of hydrogen-bond acceptors (Lipinski definition) is 6. The molecule has 168 valence electrons. The summed E-state index contributed by atoms with van der Waals surface area (Å²) in [5.74, 6) is 0.894. The van der Waals surface area contributed by atoms with Gasteiger partial charge in [0.15, 0.2) is 9.84 Å². The largest absolute Gasteiger partial charge is 0.490 e. The molecule has 2 fully saturated rings. The lowest BCUT2D eigenvalue weighted by Crippen LogP contribution is -2.37. The Morgan fingerprint density at radius 3 is 2.39 bits per heavy atom. The van der Waals surface area contributed by atoms with Crippen molar-refractivity contribution in [2.45, 2.75) is 54.7 Å². The van der Waals surface area contributed by atoms with Crippen LogP contribution in [0.5, 0.6) is 5.75 Å². The highest BCUT2D eigenvalue weighted by atomic mass is 32.2. The van der Waals surface area contributed by atoms with Crippen molar-refractivity contribution >= 4 is 19.9 Å². The maximum absolute atomic E-state index is 12.9. The molecule has 1 aliphatic heterocycles. The molecule has 31 heavy (non-hydrogen) atoms. The molecule has 9 heteroatoms. The first-order chi connectivity index (χ1) is 14.6. The van der Waals surface area contributed by atoms with Gasteiger partial charge in [0.05, 0.1) is 15.9 Å². The topological polar surface area (TPSA) is 92.8 Å². The van der Waals surface area contributed by atoms with Crippen molar-refractivity contribution < 1.29 is 21.6 Å². The molecular weight excluding hydrogens is 436 g/mol. The third kappa shape index (κ3) is 5.65. The third-order valence-electron chi connectivity index (χ3n) is 5.63. The van der Waals surface area contributed by atoms with Gasteiger partial charge >= 0.3 is 0 Å². The van der Waals surface area contributed by atoms with Crippen molar-refractivity contribution in [3.05, 3.63) is 53.6 Å². The molecule has 0 amide bonds. The zero-order chi connectivity index (χ0) is 22.2. The van der Waals surface area contributed by atoms with Gasteiger partial charge < -0.3 is 4.74 Å². The summed E-state index contributed by atoms with van der Waals surface area (Å²) in [4.78, 5) is 2.23. The van der Waals surface area contributed by atoms with Crippen LogP contribution in [-0.2, 0) is 26.4 Å². The van der Waals surface area contributed by atoms with Gasteiger partial charge in [-0.25, -0.2) is 21.6 Å². The van der Waals surface area contributed by atoms with Crippen LogP contribution >= 0.6 is 0 Å². The summed E-state index contributed by atoms with van der Waals surface area (Å²) in [6.45, 7) is 3.79. The van der Waals surface area contributed by atoms with Crippen LogP contribution in [0.3, 0.4) is 0 Å². The van der Waals surface area contributed by atoms with Gasteiger partial charge in [-0.2, -0.15) is 0 Å². The fraction of sp³-hybridized carbons (Fsp3) is 0.455. The molecule has 2 aliphatic rings. The van der Waals surface area contributed by atoms with Crippen molar-refractivity contribution in [3.63, 3.8) is 0 Å². The molecule has 2 aromatic rings. The van der Waals surface area contributed by atoms with Crippen molar-refractivity contribution in [1.82, 2.24) is 9.62 Å². The van der Waals surface area contributed by atoms with Crippen LogP contribution in [-0.4, -0.2) is 53.2 Å². The van der Waals surface area contributed by atoms with E-state index in [1.165, 1.54) is 18.2 Å². The number of hydrogen-bond donors (Lipinski definition) is 1. The molecule has 4 rings (SSSR count). The Labute approximate surface area is 184 Å². The number of rotatable bonds is 8. The standard InChI is InChI=1S/C22H28N2O5S2/c1-16-3-10-21(30(2,25)26)13-22(16)31(27,28)23-18-11-12-24(15-18)14-17-4-6-19(7-5-17)29-20-8-9-20/h3-7,10,13,18,20,23H,8-9,11-12,14-15H2,1-2H3/t18-/m1/s1. The molecule has 0 aromatic heterocycles. The SMILES string of the molecule is Cc1ccc(S(C)(=O)=O)cc1S(=O)(=O)N[C@@H]1CCN(Cc2ccc(OC3CC3)cc2)C1. The molecule has 0 radical (unpaired) electrons. The van der Waals surface area contributed by atoms with Crippen LogP contribution in [0.25, 0.3) is 0 Å². The maximum Gasteiger partial charge on any atom is 0.241 e. The van der Waals surface area contributed by atoms with E-state index in [9.17, 15) is 16.8 Å². The Balaban J connectivity index is 1.38. The van der Waals surface area contributed by atoms with Gasteiger partial charge in [-0.1, -0.05) is 18.2 Å². The molecular formula is C22H28N2O5S2. The summed E-state index contributed by atoms with van der Waals surface area (Å²) in [7, 11) is -7.31. The van der Waals surface area contributed by atoms with Gasteiger partial charge in [0.25, 0.3) is 0 Å². The lowest BCUT2D eigenvalue weighted by molar-refractivity contribution is 0.302. The second-order valence-corrected chi connectivity index (χ2v) is 12.2. The fourth-order valence-electron chi connectivity index (χ4n) is 3.77. The molecule has 1 atom stereocenters. The fourth-order valence-corrected chi connectivity index (χ4v) is 6.02. The van der Waals surface area contributed by atoms with Crippen LogP contribution in [0.15, 0.2) is 52.3 Å². The maximum atomic E-state index is 12.9. The van der Waals surface area contributed by atoms with Crippen LogP contribution in [0, 0.1) is 6.92 Å². The van der Waals surface area contributed by atoms with E-state index in [0.29, 0.717) is 24.6 Å². The van der Waals surface area contributed by atoms with E-state index in [0.717, 1.165) is 43.5 Å². The minimum atomic E-state index is -3.82. The lowest BCUT2D eigenvalue weighted by atomic mass is 10.2. The van der Waals surface area contributed by atoms with E-state index in [-0.39, 0.29) is 15.8 Å². The van der Waals surface area contributed by atoms with Crippen LogP contribution in [0.2, 0.25) is 0 Å². The molecule has 1 saturated heterocycles. The smallest absolute Gasteiger partial charge is 0.241 e. The average molecular weight is 465 g/mol. The summed E-state index contributed by atoms with van der Waals surface area (Å²) in [5, 5.41) is 0. The van der Waals surface area contributed by atoms with E-state index in [1.807, 2.05) is 12.1 Å². The van der Waals surface area contributed by atoms with Gasteiger partial charge in [-0.15, -0.1) is 0 Å². The quantitative estimate of drug-likeness (QED) is 0.645. The first-order valence-corrected chi connectivity index (χ1v) is 13.8. The average Bonchev–Trinajstić information content (AvgIpc) is 3.40. The van der Waals surface area contributed by atoms with Gasteiger partial charge in [0, 0.05) is 31.9 Å². The number of aryl methyl sites for hydroxylation is 1. The van der Waals surface area contributed by atoms with Gasteiger partial charge in [0.1, 0.15) is 5.75 Å². The molecule has 7 nitrogen and oxygen atoms in total. The summed E-state index contributed by atoms with van der Waals surface area (Å²) >= 11 is 0. The molecule has 2 aromatic carbocycles. The van der Waals surface area contributed by atoms with Crippen molar-refractivity contribution in [2.24, 2.45) is 0 Å². The van der Waals surface area contributed by atoms with Crippen LogP contribution in [0.1, 0.15) is 30.4 Å². The summed E-state index contributed by atoms with van der Waals surface area (Å²) in [6, 6.07) is 12.1. The Morgan fingerprint density at radius 2 is 1.74 bits per heavy atom. The summed E-state index contributed by atoms with van der Waals surface area (Å²) in [6.07, 6.45) is 4.41. The Bertz CT molecular complexity index is 1160. The highest BCUT2D eigenvalue weighted by molar-refractivity contribution is 7.91. The van der Waals surface area contributed by atoms with E-state index < -0.39 is 19.9 Å². The number of sulfonamides is 1. The predicted molar refractivity (Wildman–Crippen MR) is 118 cm³/mol. The molecule has 1 N–H and O–H groups in total. The van der Waals surface area contributed by atoms with Gasteiger partial charge in [0.2, 0.25) is 10.0 Å². The number of benzene rings is 2. The normalized spacial score (nSPS) is 20.1. The Kier molecular flexibility index (Phi) is 6.13. The van der Waals surface area contributed by atoms with Crippen molar-refractivity contribution in [2.75, 3.05) is 19.3 Å². The lowest BCUT2D eigenvalue weighted by Gasteiger charge is -2.18. The van der Waals surface area contributed by atoms with Crippen LogP contribution in [0.4, 0.5) is 0 Å². The highest BCUT2D eigenvalue weighted by Gasteiger charge is 2.29. The van der Waals surface area contributed by atoms with E-state index in [4.69, 9.17) is 4.74 Å². The van der Waals surface area contributed by atoms with Gasteiger partial charge in [-0.05, 0) is 61.6 Å². The predicted octanol–water partition coefficient (Wildman–Crippen LogP) is 2.49. The second-order valence-electron chi connectivity index (χ2n) is 8.50. The summed E-state index contributed by atoms with van der Waals surface area (Å²) < 4.78 is 58.1. The number of ether oxygens (including phenoxy) is 1. The number of nitrogens with one attached hydrogen (secondary N) is 1. The molecule has 0 bridgehead atoms. The zero-order valence-corrected chi connectivity index (χ0v) is 19.4. The van der Waals surface area contributed by atoms with Gasteiger partial charge in [-0.3, -0.25) is 4.90 Å². The third-order valence-corrected chi connectivity index (χ3v) is 8.40. The number of nitrogens with zero attached hydrogens (tertiary/aromatic N) is 1. The molecule has 1 aliphatic carbocycles. The molecule has 1 heterocycles.